The summed E-state index contributed by atoms with van der Waals surface area (Å²) in [7, 11) is 1.72. The predicted molar refractivity (Wildman–Crippen MR) is 63.6 cm³/mol. The highest BCUT2D eigenvalue weighted by molar-refractivity contribution is 5.03. The zero-order valence-electron chi connectivity index (χ0n) is 11.6. The molecule has 2 aliphatic heterocycles. The van der Waals surface area contributed by atoms with Gasteiger partial charge in [-0.2, -0.15) is 0 Å². The number of rotatable bonds is 3. The maximum absolute atomic E-state index is 6.15. The Morgan fingerprint density at radius 3 is 2.35 bits per heavy atom. The smallest absolute Gasteiger partial charge is 0.188 e. The van der Waals surface area contributed by atoms with Gasteiger partial charge in [-0.3, -0.25) is 0 Å². The minimum atomic E-state index is -0.542. The first kappa shape index (κ1) is 13.3. The Morgan fingerprint density at radius 1 is 1.24 bits per heavy atom. The average molecular weight is 244 g/mol. The first-order chi connectivity index (χ1) is 7.86. The van der Waals surface area contributed by atoms with Crippen molar-refractivity contribution in [2.75, 3.05) is 7.11 Å². The summed E-state index contributed by atoms with van der Waals surface area (Å²) in [5.41, 5.74) is -0.305. The van der Waals surface area contributed by atoms with Crippen LogP contribution < -0.4 is 0 Å². The lowest BCUT2D eigenvalue weighted by molar-refractivity contribution is -0.251. The van der Waals surface area contributed by atoms with Gasteiger partial charge in [0.2, 0.25) is 0 Å². The molecule has 0 radical (unpaired) electrons. The van der Waals surface area contributed by atoms with Crippen LogP contribution in [0.2, 0.25) is 0 Å². The van der Waals surface area contributed by atoms with Gasteiger partial charge in [0.15, 0.2) is 12.1 Å². The van der Waals surface area contributed by atoms with E-state index in [0.717, 1.165) is 6.42 Å². The summed E-state index contributed by atoms with van der Waals surface area (Å²) in [5.74, 6) is -0.283. The second-order valence-electron chi connectivity index (χ2n) is 5.56. The highest BCUT2D eigenvalue weighted by Crippen LogP contribution is 2.49. The zero-order valence-corrected chi connectivity index (χ0v) is 11.6. The van der Waals surface area contributed by atoms with Crippen molar-refractivity contribution in [3.05, 3.63) is 0 Å². The van der Waals surface area contributed by atoms with Crippen molar-refractivity contribution in [3.8, 4) is 0 Å². The van der Waals surface area contributed by atoms with E-state index in [4.69, 9.17) is 18.9 Å². The standard InChI is InChI=1S/C13H24O4/c1-7-13(9(3)14-6)8(2)10-11(17-13)16-12(4,5)15-10/h8-11H,7H2,1-6H3/t8-,9?,10+,11-,13-/m0/s1. The van der Waals surface area contributed by atoms with Crippen LogP contribution in [0.15, 0.2) is 0 Å². The molecule has 2 saturated heterocycles. The van der Waals surface area contributed by atoms with Gasteiger partial charge in [0, 0.05) is 13.0 Å². The van der Waals surface area contributed by atoms with E-state index in [9.17, 15) is 0 Å². The van der Waals surface area contributed by atoms with Gasteiger partial charge in [0.1, 0.15) is 11.7 Å². The van der Waals surface area contributed by atoms with E-state index in [0.29, 0.717) is 0 Å². The van der Waals surface area contributed by atoms with Crippen LogP contribution in [0.1, 0.15) is 41.0 Å². The maximum Gasteiger partial charge on any atom is 0.188 e. The molecule has 0 bridgehead atoms. The van der Waals surface area contributed by atoms with Crippen LogP contribution in [0.5, 0.6) is 0 Å². The van der Waals surface area contributed by atoms with Crippen molar-refractivity contribution in [1.82, 2.24) is 0 Å². The largest absolute Gasteiger partial charge is 0.379 e. The molecule has 0 amide bonds. The van der Waals surface area contributed by atoms with Crippen molar-refractivity contribution in [2.24, 2.45) is 5.92 Å². The van der Waals surface area contributed by atoms with Crippen molar-refractivity contribution >= 4 is 0 Å². The van der Waals surface area contributed by atoms with Gasteiger partial charge < -0.3 is 18.9 Å². The van der Waals surface area contributed by atoms with Crippen LogP contribution in [0.3, 0.4) is 0 Å². The monoisotopic (exact) mass is 244 g/mol. The molecule has 5 atom stereocenters. The Morgan fingerprint density at radius 2 is 1.88 bits per heavy atom. The van der Waals surface area contributed by atoms with E-state index in [1.807, 2.05) is 20.8 Å². The van der Waals surface area contributed by atoms with Crippen LogP contribution in [-0.4, -0.2) is 37.0 Å². The molecule has 4 nitrogen and oxygen atoms in total. The summed E-state index contributed by atoms with van der Waals surface area (Å²) in [4.78, 5) is 0. The van der Waals surface area contributed by atoms with Crippen LogP contribution in [0, 0.1) is 5.92 Å². The Hall–Kier alpha value is -0.160. The molecule has 4 heteroatoms. The Kier molecular flexibility index (Phi) is 3.28. The summed E-state index contributed by atoms with van der Waals surface area (Å²) in [6, 6.07) is 0. The second-order valence-corrected chi connectivity index (χ2v) is 5.56. The second kappa shape index (κ2) is 4.19. The molecule has 0 aliphatic carbocycles. The molecule has 0 aromatic rings. The molecule has 2 fully saturated rings. The third-order valence-corrected chi connectivity index (χ3v) is 4.28. The molecular weight excluding hydrogens is 220 g/mol. The number of ether oxygens (including phenoxy) is 4. The molecule has 2 heterocycles. The summed E-state index contributed by atoms with van der Waals surface area (Å²) < 4.78 is 23.4. The van der Waals surface area contributed by atoms with Gasteiger partial charge in [0.05, 0.1) is 6.10 Å². The fourth-order valence-electron chi connectivity index (χ4n) is 3.15. The summed E-state index contributed by atoms with van der Waals surface area (Å²) in [5, 5.41) is 0. The molecule has 0 aromatic carbocycles. The average Bonchev–Trinajstić information content (AvgIpc) is 2.70. The third kappa shape index (κ3) is 1.91. The number of fused-ring (bicyclic) bond motifs is 1. The summed E-state index contributed by atoms with van der Waals surface area (Å²) in [6.45, 7) is 10.2. The van der Waals surface area contributed by atoms with Crippen LogP contribution in [0.25, 0.3) is 0 Å². The Bertz CT molecular complexity index is 291. The van der Waals surface area contributed by atoms with Crippen LogP contribution >= 0.6 is 0 Å². The van der Waals surface area contributed by atoms with Crippen molar-refractivity contribution in [2.45, 2.75) is 70.9 Å². The summed E-state index contributed by atoms with van der Waals surface area (Å²) >= 11 is 0. The van der Waals surface area contributed by atoms with Gasteiger partial charge in [0.25, 0.3) is 0 Å². The lowest BCUT2D eigenvalue weighted by Gasteiger charge is -2.38. The third-order valence-electron chi connectivity index (χ3n) is 4.28. The first-order valence-electron chi connectivity index (χ1n) is 6.42. The lowest BCUT2D eigenvalue weighted by atomic mass is 9.81. The molecule has 0 saturated carbocycles. The van der Waals surface area contributed by atoms with Gasteiger partial charge in [-0.25, -0.2) is 0 Å². The molecule has 100 valence electrons. The quantitative estimate of drug-likeness (QED) is 0.763. The molecule has 1 unspecified atom stereocenters. The fourth-order valence-corrected chi connectivity index (χ4v) is 3.15. The van der Waals surface area contributed by atoms with E-state index in [1.165, 1.54) is 0 Å². The Labute approximate surface area is 104 Å². The molecular formula is C13H24O4. The van der Waals surface area contributed by atoms with Crippen molar-refractivity contribution in [3.63, 3.8) is 0 Å². The molecule has 17 heavy (non-hydrogen) atoms. The van der Waals surface area contributed by atoms with Gasteiger partial charge in [-0.1, -0.05) is 13.8 Å². The van der Waals surface area contributed by atoms with Gasteiger partial charge in [-0.15, -0.1) is 0 Å². The molecule has 0 N–H and O–H groups in total. The summed E-state index contributed by atoms with van der Waals surface area (Å²) in [6.07, 6.45) is 0.659. The molecule has 2 aliphatic rings. The molecule has 0 aromatic heterocycles. The fraction of sp³-hybridized carbons (Fsp3) is 1.00. The van der Waals surface area contributed by atoms with E-state index in [2.05, 4.69) is 13.8 Å². The topological polar surface area (TPSA) is 36.9 Å². The van der Waals surface area contributed by atoms with E-state index >= 15 is 0 Å². The normalized spacial score (nSPS) is 45.9. The number of hydrogen-bond acceptors (Lipinski definition) is 4. The van der Waals surface area contributed by atoms with Crippen molar-refractivity contribution < 1.29 is 18.9 Å². The van der Waals surface area contributed by atoms with Crippen molar-refractivity contribution in [1.29, 1.82) is 0 Å². The highest BCUT2D eigenvalue weighted by Gasteiger charge is 2.61. The lowest BCUT2D eigenvalue weighted by Crippen LogP contribution is -2.48. The minimum absolute atomic E-state index is 0.00236. The highest BCUT2D eigenvalue weighted by atomic mass is 16.8. The molecule has 0 spiro atoms. The van der Waals surface area contributed by atoms with E-state index in [-0.39, 0.29) is 30.0 Å². The number of methoxy groups -OCH3 is 1. The minimum Gasteiger partial charge on any atom is -0.379 e. The van der Waals surface area contributed by atoms with Crippen LogP contribution in [0.4, 0.5) is 0 Å². The number of hydrogen-bond donors (Lipinski definition) is 0. The maximum atomic E-state index is 6.15. The zero-order chi connectivity index (χ0) is 12.8. The molecule has 2 rings (SSSR count). The van der Waals surface area contributed by atoms with E-state index < -0.39 is 5.79 Å². The SMILES string of the molecule is CC[C@]1(C(C)OC)O[C@@H]2OC(C)(C)O[C@@H]2[C@@H]1C. The van der Waals surface area contributed by atoms with Gasteiger partial charge >= 0.3 is 0 Å². The van der Waals surface area contributed by atoms with E-state index in [1.54, 1.807) is 7.11 Å². The van der Waals surface area contributed by atoms with Crippen LogP contribution in [-0.2, 0) is 18.9 Å². The van der Waals surface area contributed by atoms with Gasteiger partial charge in [-0.05, 0) is 27.2 Å². The first-order valence-corrected chi connectivity index (χ1v) is 6.42. The Balaban J connectivity index is 2.21. The predicted octanol–water partition coefficient (Wildman–Crippen LogP) is 2.31.